The summed E-state index contributed by atoms with van der Waals surface area (Å²) in [4.78, 5) is 8.28. The molecule has 0 bridgehead atoms. The fraction of sp³-hybridized carbons (Fsp3) is 0.556. The van der Waals surface area contributed by atoms with Gasteiger partial charge in [0.2, 0.25) is 0 Å². The standard InChI is InChI=1S/C9H14N2O/c1-4-7-9(12-3)8(5-2)11-6-10-7/h6H,4-5H2,1-3H3. The van der Waals surface area contributed by atoms with E-state index in [2.05, 4.69) is 23.8 Å². The first-order valence-electron chi connectivity index (χ1n) is 4.20. The smallest absolute Gasteiger partial charge is 0.161 e. The van der Waals surface area contributed by atoms with Gasteiger partial charge in [-0.2, -0.15) is 0 Å². The minimum atomic E-state index is 0.850. The molecule has 1 rings (SSSR count). The summed E-state index contributed by atoms with van der Waals surface area (Å²) >= 11 is 0. The van der Waals surface area contributed by atoms with Crippen LogP contribution in [0.3, 0.4) is 0 Å². The van der Waals surface area contributed by atoms with Gasteiger partial charge in [0.1, 0.15) is 6.33 Å². The van der Waals surface area contributed by atoms with E-state index in [0.29, 0.717) is 0 Å². The van der Waals surface area contributed by atoms with Crippen molar-refractivity contribution in [3.8, 4) is 5.75 Å². The Hall–Kier alpha value is -1.12. The summed E-state index contributed by atoms with van der Waals surface area (Å²) in [5, 5.41) is 0. The molecule has 0 fully saturated rings. The van der Waals surface area contributed by atoms with Gasteiger partial charge in [-0.15, -0.1) is 0 Å². The minimum absolute atomic E-state index is 0.850. The summed E-state index contributed by atoms with van der Waals surface area (Å²) in [6.45, 7) is 4.12. The highest BCUT2D eigenvalue weighted by Crippen LogP contribution is 2.19. The van der Waals surface area contributed by atoms with Crippen molar-refractivity contribution in [3.05, 3.63) is 17.7 Å². The number of hydrogen-bond donors (Lipinski definition) is 0. The molecule has 0 radical (unpaired) electrons. The Labute approximate surface area is 72.8 Å². The van der Waals surface area contributed by atoms with Crippen LogP contribution in [0.15, 0.2) is 6.33 Å². The topological polar surface area (TPSA) is 35.0 Å². The third-order valence-corrected chi connectivity index (χ3v) is 1.83. The number of hydrogen-bond acceptors (Lipinski definition) is 3. The van der Waals surface area contributed by atoms with Gasteiger partial charge in [-0.3, -0.25) is 0 Å². The van der Waals surface area contributed by atoms with Gasteiger partial charge in [-0.25, -0.2) is 9.97 Å². The molecule has 0 aromatic carbocycles. The van der Waals surface area contributed by atoms with Crippen LogP contribution < -0.4 is 4.74 Å². The van der Waals surface area contributed by atoms with E-state index in [9.17, 15) is 0 Å². The van der Waals surface area contributed by atoms with Crippen molar-refractivity contribution >= 4 is 0 Å². The zero-order valence-corrected chi connectivity index (χ0v) is 7.79. The van der Waals surface area contributed by atoms with Crippen molar-refractivity contribution in [1.82, 2.24) is 9.97 Å². The summed E-state index contributed by atoms with van der Waals surface area (Å²) in [5.74, 6) is 0.850. The number of methoxy groups -OCH3 is 1. The number of nitrogens with zero attached hydrogens (tertiary/aromatic N) is 2. The molecule has 0 spiro atoms. The van der Waals surface area contributed by atoms with Crippen LogP contribution in [0, 0.1) is 0 Å². The SMILES string of the molecule is CCc1ncnc(CC)c1OC. The molecular weight excluding hydrogens is 152 g/mol. The molecule has 1 aromatic rings. The maximum absolute atomic E-state index is 5.23. The van der Waals surface area contributed by atoms with Gasteiger partial charge in [-0.1, -0.05) is 13.8 Å². The molecule has 0 aliphatic heterocycles. The number of aryl methyl sites for hydroxylation is 2. The zero-order valence-electron chi connectivity index (χ0n) is 7.79. The maximum Gasteiger partial charge on any atom is 0.161 e. The third kappa shape index (κ3) is 1.55. The van der Waals surface area contributed by atoms with E-state index in [1.54, 1.807) is 13.4 Å². The van der Waals surface area contributed by atoms with Crippen LogP contribution in [0.2, 0.25) is 0 Å². The van der Waals surface area contributed by atoms with Crippen molar-refractivity contribution in [2.24, 2.45) is 0 Å². The second-order valence-electron chi connectivity index (χ2n) is 2.51. The van der Waals surface area contributed by atoms with Gasteiger partial charge in [0.15, 0.2) is 5.75 Å². The first-order chi connectivity index (χ1) is 5.83. The Morgan fingerprint density at radius 2 is 1.67 bits per heavy atom. The quantitative estimate of drug-likeness (QED) is 0.684. The predicted octanol–water partition coefficient (Wildman–Crippen LogP) is 1.61. The van der Waals surface area contributed by atoms with Crippen LogP contribution in [0.25, 0.3) is 0 Å². The molecule has 0 saturated carbocycles. The Kier molecular flexibility index (Phi) is 3.02. The van der Waals surface area contributed by atoms with E-state index < -0.39 is 0 Å². The lowest BCUT2D eigenvalue weighted by Crippen LogP contribution is -2.00. The van der Waals surface area contributed by atoms with Crippen molar-refractivity contribution in [2.75, 3.05) is 7.11 Å². The molecule has 0 aliphatic rings. The highest BCUT2D eigenvalue weighted by Gasteiger charge is 2.07. The largest absolute Gasteiger partial charge is 0.493 e. The monoisotopic (exact) mass is 166 g/mol. The second-order valence-corrected chi connectivity index (χ2v) is 2.51. The average Bonchev–Trinajstić information content (AvgIpc) is 2.16. The van der Waals surface area contributed by atoms with E-state index >= 15 is 0 Å². The lowest BCUT2D eigenvalue weighted by Gasteiger charge is -2.08. The predicted molar refractivity (Wildman–Crippen MR) is 47.3 cm³/mol. The van der Waals surface area contributed by atoms with Crippen LogP contribution in [0.1, 0.15) is 25.2 Å². The first-order valence-corrected chi connectivity index (χ1v) is 4.20. The van der Waals surface area contributed by atoms with Crippen LogP contribution in [-0.2, 0) is 12.8 Å². The molecule has 12 heavy (non-hydrogen) atoms. The Morgan fingerprint density at radius 3 is 2.00 bits per heavy atom. The molecule has 1 heterocycles. The zero-order chi connectivity index (χ0) is 8.97. The van der Waals surface area contributed by atoms with E-state index in [-0.39, 0.29) is 0 Å². The van der Waals surface area contributed by atoms with Crippen LogP contribution in [-0.4, -0.2) is 17.1 Å². The fourth-order valence-corrected chi connectivity index (χ4v) is 1.19. The lowest BCUT2D eigenvalue weighted by molar-refractivity contribution is 0.399. The van der Waals surface area contributed by atoms with Gasteiger partial charge in [-0.05, 0) is 12.8 Å². The lowest BCUT2D eigenvalue weighted by atomic mass is 10.2. The molecule has 0 unspecified atom stereocenters. The summed E-state index contributed by atoms with van der Waals surface area (Å²) in [7, 11) is 1.66. The molecule has 0 saturated heterocycles. The maximum atomic E-state index is 5.23. The first kappa shape index (κ1) is 8.97. The molecule has 66 valence electrons. The normalized spacial score (nSPS) is 9.92. The average molecular weight is 166 g/mol. The fourth-order valence-electron chi connectivity index (χ4n) is 1.19. The van der Waals surface area contributed by atoms with Gasteiger partial charge < -0.3 is 4.74 Å². The highest BCUT2D eigenvalue weighted by atomic mass is 16.5. The van der Waals surface area contributed by atoms with Crippen molar-refractivity contribution < 1.29 is 4.74 Å². The number of rotatable bonds is 3. The molecule has 0 amide bonds. The van der Waals surface area contributed by atoms with E-state index in [0.717, 1.165) is 30.0 Å². The van der Waals surface area contributed by atoms with Crippen molar-refractivity contribution in [2.45, 2.75) is 26.7 Å². The van der Waals surface area contributed by atoms with Crippen LogP contribution in [0.5, 0.6) is 5.75 Å². The molecular formula is C9H14N2O. The van der Waals surface area contributed by atoms with Gasteiger partial charge in [0, 0.05) is 0 Å². The summed E-state index contributed by atoms with van der Waals surface area (Å²) in [6.07, 6.45) is 3.37. The van der Waals surface area contributed by atoms with Crippen LogP contribution >= 0.6 is 0 Å². The van der Waals surface area contributed by atoms with Gasteiger partial charge >= 0.3 is 0 Å². The number of ether oxygens (including phenoxy) is 1. The Bertz CT molecular complexity index is 238. The summed E-state index contributed by atoms with van der Waals surface area (Å²) in [5.41, 5.74) is 1.98. The molecule has 3 nitrogen and oxygen atoms in total. The molecule has 0 atom stereocenters. The molecule has 3 heteroatoms. The van der Waals surface area contributed by atoms with Gasteiger partial charge in [0.05, 0.1) is 18.5 Å². The summed E-state index contributed by atoms with van der Waals surface area (Å²) < 4.78 is 5.23. The van der Waals surface area contributed by atoms with Crippen molar-refractivity contribution in [3.63, 3.8) is 0 Å². The minimum Gasteiger partial charge on any atom is -0.493 e. The van der Waals surface area contributed by atoms with Gasteiger partial charge in [0.25, 0.3) is 0 Å². The van der Waals surface area contributed by atoms with Crippen LogP contribution in [0.4, 0.5) is 0 Å². The number of aromatic nitrogens is 2. The Balaban J connectivity index is 3.13. The third-order valence-electron chi connectivity index (χ3n) is 1.83. The van der Waals surface area contributed by atoms with E-state index in [1.165, 1.54) is 0 Å². The van der Waals surface area contributed by atoms with Crippen molar-refractivity contribution in [1.29, 1.82) is 0 Å². The highest BCUT2D eigenvalue weighted by molar-refractivity contribution is 5.31. The molecule has 1 aromatic heterocycles. The molecule has 0 aliphatic carbocycles. The van der Waals surface area contributed by atoms with E-state index in [4.69, 9.17) is 4.74 Å². The summed E-state index contributed by atoms with van der Waals surface area (Å²) in [6, 6.07) is 0. The molecule has 0 N–H and O–H groups in total. The van der Waals surface area contributed by atoms with E-state index in [1.807, 2.05) is 0 Å². The second kappa shape index (κ2) is 4.04. The Morgan fingerprint density at radius 1 is 1.17 bits per heavy atom.